The molecule has 15 heavy (non-hydrogen) atoms. The lowest BCUT2D eigenvalue weighted by Crippen LogP contribution is -2.16. The number of hydrogen-bond acceptors (Lipinski definition) is 2. The summed E-state index contributed by atoms with van der Waals surface area (Å²) in [4.78, 5) is 3.03. The maximum absolute atomic E-state index is 6.22. The second-order valence-electron chi connectivity index (χ2n) is 5.19. The summed E-state index contributed by atoms with van der Waals surface area (Å²) in [6, 6.07) is 4.62. The Morgan fingerprint density at radius 1 is 1.13 bits per heavy atom. The monoisotopic (exact) mass is 221 g/mol. The Kier molecular flexibility index (Phi) is 2.37. The third-order valence-corrected chi connectivity index (χ3v) is 5.38. The second-order valence-corrected chi connectivity index (χ2v) is 6.31. The highest BCUT2D eigenvalue weighted by molar-refractivity contribution is 7.12. The first-order valence-electron chi connectivity index (χ1n) is 6.17. The van der Waals surface area contributed by atoms with Crippen molar-refractivity contribution in [2.24, 2.45) is 5.73 Å². The van der Waals surface area contributed by atoms with E-state index < -0.39 is 0 Å². The summed E-state index contributed by atoms with van der Waals surface area (Å²) < 4.78 is 0. The first-order valence-corrected chi connectivity index (χ1v) is 6.99. The fourth-order valence-corrected chi connectivity index (χ4v) is 3.94. The van der Waals surface area contributed by atoms with Gasteiger partial charge >= 0.3 is 0 Å². The smallest absolute Gasteiger partial charge is 0.0505 e. The molecule has 0 amide bonds. The topological polar surface area (TPSA) is 26.0 Å². The van der Waals surface area contributed by atoms with Crippen molar-refractivity contribution in [3.05, 3.63) is 21.9 Å². The van der Waals surface area contributed by atoms with Crippen LogP contribution in [0.1, 0.15) is 60.6 Å². The lowest BCUT2D eigenvalue weighted by molar-refractivity contribution is 0.448. The highest BCUT2D eigenvalue weighted by atomic mass is 32.1. The molecule has 2 saturated carbocycles. The van der Waals surface area contributed by atoms with E-state index in [1.165, 1.54) is 49.8 Å². The molecule has 0 spiro atoms. The van der Waals surface area contributed by atoms with E-state index in [2.05, 4.69) is 12.1 Å². The molecule has 0 radical (unpaired) electrons. The van der Waals surface area contributed by atoms with Crippen molar-refractivity contribution in [3.63, 3.8) is 0 Å². The molecule has 0 saturated heterocycles. The molecular formula is C13H19NS. The van der Waals surface area contributed by atoms with Gasteiger partial charge in [-0.25, -0.2) is 0 Å². The van der Waals surface area contributed by atoms with Crippen LogP contribution in [0.15, 0.2) is 12.1 Å². The van der Waals surface area contributed by atoms with Crippen molar-refractivity contribution in [2.75, 3.05) is 0 Å². The summed E-state index contributed by atoms with van der Waals surface area (Å²) in [5.41, 5.74) is 6.30. The molecule has 2 aliphatic carbocycles. The molecule has 1 heterocycles. The first kappa shape index (κ1) is 9.86. The van der Waals surface area contributed by atoms with Crippen molar-refractivity contribution < 1.29 is 0 Å². The van der Waals surface area contributed by atoms with Gasteiger partial charge in [-0.15, -0.1) is 11.3 Å². The van der Waals surface area contributed by atoms with E-state index in [1.54, 1.807) is 4.88 Å². The summed E-state index contributed by atoms with van der Waals surface area (Å²) in [6.45, 7) is 0. The SMILES string of the molecule is NC1(c2ccc(C3CCCCC3)s2)CC1. The van der Waals surface area contributed by atoms with E-state index in [0.717, 1.165) is 5.92 Å². The van der Waals surface area contributed by atoms with Gasteiger partial charge in [-0.3, -0.25) is 0 Å². The van der Waals surface area contributed by atoms with Crippen molar-refractivity contribution in [3.8, 4) is 0 Å². The lowest BCUT2D eigenvalue weighted by atomic mass is 9.88. The zero-order valence-corrected chi connectivity index (χ0v) is 9.98. The summed E-state index contributed by atoms with van der Waals surface area (Å²) in [6.07, 6.45) is 9.47. The molecule has 3 rings (SSSR count). The van der Waals surface area contributed by atoms with Gasteiger partial charge in [-0.05, 0) is 43.7 Å². The summed E-state index contributed by atoms with van der Waals surface area (Å²) in [7, 11) is 0. The normalized spacial score (nSPS) is 25.4. The number of rotatable bonds is 2. The van der Waals surface area contributed by atoms with Crippen molar-refractivity contribution in [2.45, 2.75) is 56.4 Å². The Hall–Kier alpha value is -0.340. The Balaban J connectivity index is 1.77. The molecule has 0 aliphatic heterocycles. The second kappa shape index (κ2) is 3.60. The molecular weight excluding hydrogens is 202 g/mol. The first-order chi connectivity index (χ1) is 7.28. The Morgan fingerprint density at radius 2 is 1.87 bits per heavy atom. The van der Waals surface area contributed by atoms with Gasteiger partial charge in [-0.1, -0.05) is 19.3 Å². The highest BCUT2D eigenvalue weighted by Gasteiger charge is 2.41. The van der Waals surface area contributed by atoms with Gasteiger partial charge < -0.3 is 5.73 Å². The van der Waals surface area contributed by atoms with E-state index in [0.29, 0.717) is 0 Å². The maximum atomic E-state index is 6.22. The standard InChI is InChI=1S/C13H19NS/c14-13(8-9-13)12-7-6-11(15-12)10-4-2-1-3-5-10/h6-7,10H,1-5,8-9,14H2. The molecule has 1 aromatic rings. The lowest BCUT2D eigenvalue weighted by Gasteiger charge is -2.20. The van der Waals surface area contributed by atoms with Crippen LogP contribution in [0.5, 0.6) is 0 Å². The molecule has 2 aliphatic rings. The molecule has 0 unspecified atom stereocenters. The van der Waals surface area contributed by atoms with Gasteiger partial charge in [0.15, 0.2) is 0 Å². The Morgan fingerprint density at radius 3 is 2.53 bits per heavy atom. The van der Waals surface area contributed by atoms with E-state index in [9.17, 15) is 0 Å². The van der Waals surface area contributed by atoms with Gasteiger partial charge in [0.05, 0.1) is 5.54 Å². The third-order valence-electron chi connectivity index (χ3n) is 3.91. The molecule has 82 valence electrons. The minimum absolute atomic E-state index is 0.0809. The average molecular weight is 221 g/mol. The minimum Gasteiger partial charge on any atom is -0.321 e. The molecule has 1 nitrogen and oxygen atoms in total. The molecule has 2 N–H and O–H groups in total. The van der Waals surface area contributed by atoms with E-state index in [-0.39, 0.29) is 5.54 Å². The van der Waals surface area contributed by atoms with Gasteiger partial charge in [0.2, 0.25) is 0 Å². The summed E-state index contributed by atoms with van der Waals surface area (Å²) >= 11 is 1.98. The number of hydrogen-bond donors (Lipinski definition) is 1. The van der Waals surface area contributed by atoms with E-state index in [4.69, 9.17) is 5.73 Å². The van der Waals surface area contributed by atoms with E-state index >= 15 is 0 Å². The van der Waals surface area contributed by atoms with Crippen LogP contribution < -0.4 is 5.73 Å². The zero-order valence-electron chi connectivity index (χ0n) is 9.17. The fourth-order valence-electron chi connectivity index (χ4n) is 2.61. The number of thiophene rings is 1. The van der Waals surface area contributed by atoms with Crippen molar-refractivity contribution >= 4 is 11.3 Å². The fraction of sp³-hybridized carbons (Fsp3) is 0.692. The Labute approximate surface area is 95.7 Å². The molecule has 0 atom stereocenters. The Bertz CT molecular complexity index is 345. The molecule has 0 bridgehead atoms. The molecule has 1 aromatic heterocycles. The van der Waals surface area contributed by atoms with Gasteiger partial charge in [-0.2, -0.15) is 0 Å². The average Bonchev–Trinajstić information content (AvgIpc) is 2.85. The van der Waals surface area contributed by atoms with Gasteiger partial charge in [0.25, 0.3) is 0 Å². The predicted molar refractivity (Wildman–Crippen MR) is 65.2 cm³/mol. The van der Waals surface area contributed by atoms with Crippen LogP contribution in [0, 0.1) is 0 Å². The largest absolute Gasteiger partial charge is 0.321 e. The van der Waals surface area contributed by atoms with Crippen LogP contribution in [0.2, 0.25) is 0 Å². The summed E-state index contributed by atoms with van der Waals surface area (Å²) in [5, 5.41) is 0. The number of nitrogens with two attached hydrogens (primary N) is 1. The molecule has 0 aromatic carbocycles. The van der Waals surface area contributed by atoms with Crippen LogP contribution in [0.4, 0.5) is 0 Å². The molecule has 2 heteroatoms. The highest BCUT2D eigenvalue weighted by Crippen LogP contribution is 2.47. The third kappa shape index (κ3) is 1.85. The van der Waals surface area contributed by atoms with Crippen LogP contribution in [0.3, 0.4) is 0 Å². The van der Waals surface area contributed by atoms with E-state index in [1.807, 2.05) is 11.3 Å². The van der Waals surface area contributed by atoms with Crippen molar-refractivity contribution in [1.82, 2.24) is 0 Å². The van der Waals surface area contributed by atoms with Crippen LogP contribution in [0.25, 0.3) is 0 Å². The van der Waals surface area contributed by atoms with Crippen LogP contribution >= 0.6 is 11.3 Å². The zero-order chi connectivity index (χ0) is 10.3. The van der Waals surface area contributed by atoms with Crippen LogP contribution in [-0.2, 0) is 5.54 Å². The maximum Gasteiger partial charge on any atom is 0.0505 e. The van der Waals surface area contributed by atoms with Crippen molar-refractivity contribution in [1.29, 1.82) is 0 Å². The quantitative estimate of drug-likeness (QED) is 0.809. The summed E-state index contributed by atoms with van der Waals surface area (Å²) in [5.74, 6) is 0.847. The van der Waals surface area contributed by atoms with Crippen LogP contribution in [-0.4, -0.2) is 0 Å². The molecule has 2 fully saturated rings. The van der Waals surface area contributed by atoms with Gasteiger partial charge in [0.1, 0.15) is 0 Å². The predicted octanol–water partition coefficient (Wildman–Crippen LogP) is 3.74. The minimum atomic E-state index is 0.0809. The van der Waals surface area contributed by atoms with Gasteiger partial charge in [0, 0.05) is 9.75 Å².